The van der Waals surface area contributed by atoms with Crippen molar-refractivity contribution in [3.8, 4) is 17.1 Å². The number of aromatic nitrogens is 3. The molecule has 2 aromatic carbocycles. The lowest BCUT2D eigenvalue weighted by Crippen LogP contribution is -2.26. The van der Waals surface area contributed by atoms with E-state index in [4.69, 9.17) is 9.26 Å². The molecule has 0 aliphatic rings. The summed E-state index contributed by atoms with van der Waals surface area (Å²) in [4.78, 5) is 19.3. The predicted molar refractivity (Wildman–Crippen MR) is 138 cm³/mol. The second-order valence-corrected chi connectivity index (χ2v) is 8.33. The van der Waals surface area contributed by atoms with Gasteiger partial charge in [0.05, 0.1) is 6.61 Å². The van der Waals surface area contributed by atoms with Crippen LogP contribution < -0.4 is 10.1 Å². The van der Waals surface area contributed by atoms with Gasteiger partial charge >= 0.3 is 0 Å². The summed E-state index contributed by atoms with van der Waals surface area (Å²) in [6, 6.07) is 15.6. The van der Waals surface area contributed by atoms with Gasteiger partial charge in [-0.05, 0) is 68.5 Å². The molecule has 184 valence electrons. The van der Waals surface area contributed by atoms with Gasteiger partial charge in [0.1, 0.15) is 5.75 Å². The third-order valence-electron chi connectivity index (χ3n) is 6.06. The Morgan fingerprint density at radius 3 is 2.63 bits per heavy atom. The summed E-state index contributed by atoms with van der Waals surface area (Å²) in [5.41, 5.74) is 2.79. The first-order valence-electron chi connectivity index (χ1n) is 12.3. The second-order valence-electron chi connectivity index (χ2n) is 8.33. The van der Waals surface area contributed by atoms with Crippen molar-refractivity contribution in [3.63, 3.8) is 0 Å². The number of carbonyl (C=O) groups excluding carboxylic acids is 1. The molecule has 0 saturated carbocycles. The molecule has 0 bridgehead atoms. The molecule has 0 spiro atoms. The Kier molecular flexibility index (Phi) is 8.15. The minimum Gasteiger partial charge on any atom is -0.494 e. The van der Waals surface area contributed by atoms with Gasteiger partial charge in [-0.1, -0.05) is 19.0 Å². The van der Waals surface area contributed by atoms with Crippen molar-refractivity contribution in [1.82, 2.24) is 19.6 Å². The standard InChI is InChI=1S/C27H33N5O3/c1-4-31(5-2)17-18-32-16-15-21-19-22(9-12-24(21)32)28-25(33)13-14-26-29-27(30-35-26)20-7-10-23(11-8-20)34-6-3/h7-12,15-16,19H,4-6,13-14,17-18H2,1-3H3,(H,28,33). The van der Waals surface area contributed by atoms with E-state index >= 15 is 0 Å². The Labute approximate surface area is 205 Å². The summed E-state index contributed by atoms with van der Waals surface area (Å²) in [6.45, 7) is 11.0. The van der Waals surface area contributed by atoms with E-state index in [2.05, 4.69) is 57.1 Å². The molecule has 8 heteroatoms. The lowest BCUT2D eigenvalue weighted by Gasteiger charge is -2.18. The minimum atomic E-state index is -0.0915. The number of aryl methyl sites for hydroxylation is 1. The number of benzene rings is 2. The van der Waals surface area contributed by atoms with Crippen molar-refractivity contribution in [3.05, 3.63) is 60.6 Å². The lowest BCUT2D eigenvalue weighted by molar-refractivity contribution is -0.116. The Morgan fingerprint density at radius 1 is 1.09 bits per heavy atom. The molecule has 0 unspecified atom stereocenters. The summed E-state index contributed by atoms with van der Waals surface area (Å²) in [7, 11) is 0. The van der Waals surface area contributed by atoms with Crippen LogP contribution in [0.25, 0.3) is 22.3 Å². The van der Waals surface area contributed by atoms with Crippen LogP contribution in [0.15, 0.2) is 59.3 Å². The van der Waals surface area contributed by atoms with Crippen LogP contribution in [0.2, 0.25) is 0 Å². The van der Waals surface area contributed by atoms with Gasteiger partial charge in [0.2, 0.25) is 17.6 Å². The van der Waals surface area contributed by atoms with E-state index in [-0.39, 0.29) is 12.3 Å². The number of rotatable bonds is 12. The summed E-state index contributed by atoms with van der Waals surface area (Å²) in [6.07, 6.45) is 2.74. The molecular formula is C27H33N5O3. The molecule has 0 fully saturated rings. The lowest BCUT2D eigenvalue weighted by atomic mass is 10.2. The van der Waals surface area contributed by atoms with Crippen molar-refractivity contribution in [1.29, 1.82) is 0 Å². The number of hydrogen-bond donors (Lipinski definition) is 1. The van der Waals surface area contributed by atoms with Gasteiger partial charge in [-0.25, -0.2) is 0 Å². The first-order chi connectivity index (χ1) is 17.1. The highest BCUT2D eigenvalue weighted by molar-refractivity contribution is 5.94. The van der Waals surface area contributed by atoms with Crippen LogP contribution >= 0.6 is 0 Å². The SMILES string of the molecule is CCOc1ccc(-c2noc(CCC(=O)Nc3ccc4c(ccn4CCN(CC)CC)c3)n2)cc1. The van der Waals surface area contributed by atoms with Crippen molar-refractivity contribution in [2.75, 3.05) is 31.6 Å². The van der Waals surface area contributed by atoms with Crippen molar-refractivity contribution in [2.45, 2.75) is 40.2 Å². The number of likely N-dealkylation sites (N-methyl/N-ethyl adjacent to an activating group) is 1. The summed E-state index contributed by atoms with van der Waals surface area (Å²) in [5, 5.41) is 8.12. The maximum atomic E-state index is 12.5. The number of nitrogens with one attached hydrogen (secondary N) is 1. The normalized spacial score (nSPS) is 11.3. The highest BCUT2D eigenvalue weighted by Gasteiger charge is 2.12. The van der Waals surface area contributed by atoms with Gasteiger partial charge < -0.3 is 24.0 Å². The fourth-order valence-electron chi connectivity index (χ4n) is 4.05. The molecule has 4 rings (SSSR count). The number of fused-ring (bicyclic) bond motifs is 1. The topological polar surface area (TPSA) is 85.4 Å². The highest BCUT2D eigenvalue weighted by atomic mass is 16.5. The molecule has 8 nitrogen and oxygen atoms in total. The molecule has 1 N–H and O–H groups in total. The molecule has 35 heavy (non-hydrogen) atoms. The van der Waals surface area contributed by atoms with Gasteiger partial charge in [-0.3, -0.25) is 4.79 Å². The van der Waals surface area contributed by atoms with Gasteiger partial charge in [0.25, 0.3) is 0 Å². The number of ether oxygens (including phenoxy) is 1. The maximum absolute atomic E-state index is 12.5. The van der Waals surface area contributed by atoms with E-state index in [1.807, 2.05) is 43.3 Å². The Balaban J connectivity index is 1.30. The second kappa shape index (κ2) is 11.7. The first kappa shape index (κ1) is 24.5. The van der Waals surface area contributed by atoms with Crippen LogP contribution in [-0.2, 0) is 17.8 Å². The maximum Gasteiger partial charge on any atom is 0.227 e. The van der Waals surface area contributed by atoms with E-state index in [1.54, 1.807) is 0 Å². The number of anilines is 1. The molecule has 0 radical (unpaired) electrons. The van der Waals surface area contributed by atoms with Gasteiger partial charge in [0, 0.05) is 54.3 Å². The van der Waals surface area contributed by atoms with Gasteiger partial charge in [0.15, 0.2) is 0 Å². The van der Waals surface area contributed by atoms with E-state index in [9.17, 15) is 4.79 Å². The Bertz CT molecular complexity index is 1240. The van der Waals surface area contributed by atoms with Crippen LogP contribution in [-0.4, -0.2) is 51.8 Å². The number of carbonyl (C=O) groups is 1. The zero-order chi connectivity index (χ0) is 24.6. The highest BCUT2D eigenvalue weighted by Crippen LogP contribution is 2.22. The zero-order valence-electron chi connectivity index (χ0n) is 20.7. The predicted octanol–water partition coefficient (Wildman–Crippen LogP) is 5.00. The van der Waals surface area contributed by atoms with Gasteiger partial charge in [-0.2, -0.15) is 4.98 Å². The average Bonchev–Trinajstić information content (AvgIpc) is 3.51. The molecule has 0 aliphatic heterocycles. The molecule has 4 aromatic rings. The number of nitrogens with zero attached hydrogens (tertiary/aromatic N) is 4. The molecular weight excluding hydrogens is 442 g/mol. The van der Waals surface area contributed by atoms with E-state index in [0.717, 1.165) is 48.6 Å². The molecule has 0 saturated heterocycles. The van der Waals surface area contributed by atoms with Crippen LogP contribution in [0.5, 0.6) is 5.75 Å². The number of hydrogen-bond acceptors (Lipinski definition) is 6. The monoisotopic (exact) mass is 475 g/mol. The summed E-state index contributed by atoms with van der Waals surface area (Å²) >= 11 is 0. The molecule has 0 atom stereocenters. The largest absolute Gasteiger partial charge is 0.494 e. The smallest absolute Gasteiger partial charge is 0.227 e. The van der Waals surface area contributed by atoms with Crippen LogP contribution in [0, 0.1) is 0 Å². The summed E-state index contributed by atoms with van der Waals surface area (Å²) < 4.78 is 13.1. The number of amides is 1. The van der Waals surface area contributed by atoms with E-state index in [0.29, 0.717) is 24.7 Å². The quantitative estimate of drug-likeness (QED) is 0.310. The summed E-state index contributed by atoms with van der Waals surface area (Å²) in [5.74, 6) is 1.64. The Hall–Kier alpha value is -3.65. The molecule has 2 aromatic heterocycles. The van der Waals surface area contributed by atoms with Gasteiger partial charge in [-0.15, -0.1) is 0 Å². The van der Waals surface area contributed by atoms with Crippen LogP contribution in [0.3, 0.4) is 0 Å². The third kappa shape index (κ3) is 6.27. The first-order valence-corrected chi connectivity index (χ1v) is 12.3. The van der Waals surface area contributed by atoms with E-state index in [1.165, 1.54) is 5.52 Å². The van der Waals surface area contributed by atoms with Crippen molar-refractivity contribution < 1.29 is 14.1 Å². The van der Waals surface area contributed by atoms with Crippen LogP contribution in [0.1, 0.15) is 33.1 Å². The third-order valence-corrected chi connectivity index (χ3v) is 6.06. The molecule has 0 aliphatic carbocycles. The Morgan fingerprint density at radius 2 is 1.89 bits per heavy atom. The molecule has 2 heterocycles. The molecule has 1 amide bonds. The van der Waals surface area contributed by atoms with Crippen molar-refractivity contribution in [2.24, 2.45) is 0 Å². The minimum absolute atomic E-state index is 0.0915. The zero-order valence-corrected chi connectivity index (χ0v) is 20.7. The fraction of sp³-hybridized carbons (Fsp3) is 0.370. The van der Waals surface area contributed by atoms with Crippen LogP contribution in [0.4, 0.5) is 5.69 Å². The average molecular weight is 476 g/mol. The van der Waals surface area contributed by atoms with E-state index < -0.39 is 0 Å². The fourth-order valence-corrected chi connectivity index (χ4v) is 4.05. The van der Waals surface area contributed by atoms with Crippen molar-refractivity contribution >= 4 is 22.5 Å².